The Morgan fingerprint density at radius 1 is 1.50 bits per heavy atom. The lowest BCUT2D eigenvalue weighted by Gasteiger charge is -2.06. The highest BCUT2D eigenvalue weighted by atomic mass is 32.2. The summed E-state index contributed by atoms with van der Waals surface area (Å²) in [5, 5.41) is 3.20. The van der Waals surface area contributed by atoms with Crippen molar-refractivity contribution in [2.45, 2.75) is 13.5 Å². The van der Waals surface area contributed by atoms with E-state index in [0.717, 1.165) is 23.7 Å². The van der Waals surface area contributed by atoms with Gasteiger partial charge < -0.3 is 10.1 Å². The van der Waals surface area contributed by atoms with Gasteiger partial charge >= 0.3 is 0 Å². The van der Waals surface area contributed by atoms with E-state index in [-0.39, 0.29) is 0 Å². The van der Waals surface area contributed by atoms with Gasteiger partial charge in [0, 0.05) is 53.7 Å². The summed E-state index contributed by atoms with van der Waals surface area (Å²) >= 11 is 0. The molecule has 0 aliphatic rings. The Hall–Kier alpha value is -0.940. The zero-order valence-corrected chi connectivity index (χ0v) is 10.8. The molecule has 0 aliphatic heterocycles. The normalized spacial score (nSPS) is 12.4. The van der Waals surface area contributed by atoms with E-state index in [2.05, 4.69) is 10.3 Å². The van der Waals surface area contributed by atoms with E-state index < -0.39 is 10.8 Å². The van der Waals surface area contributed by atoms with Crippen LogP contribution in [0.5, 0.6) is 5.75 Å². The molecule has 1 heterocycles. The van der Waals surface area contributed by atoms with Crippen LogP contribution < -0.4 is 10.1 Å². The third kappa shape index (κ3) is 4.72. The van der Waals surface area contributed by atoms with Crippen LogP contribution in [0.3, 0.4) is 0 Å². The van der Waals surface area contributed by atoms with Crippen LogP contribution in [-0.2, 0) is 17.3 Å². The first kappa shape index (κ1) is 13.1. The van der Waals surface area contributed by atoms with Crippen LogP contribution in [0.15, 0.2) is 12.1 Å². The molecule has 1 aromatic rings. The van der Waals surface area contributed by atoms with E-state index in [1.807, 2.05) is 19.1 Å². The second kappa shape index (κ2) is 6.60. The minimum Gasteiger partial charge on any atom is -0.497 e. The van der Waals surface area contributed by atoms with Crippen molar-refractivity contribution in [2.75, 3.05) is 25.7 Å². The summed E-state index contributed by atoms with van der Waals surface area (Å²) in [6.45, 7) is 3.35. The highest BCUT2D eigenvalue weighted by Gasteiger charge is 2.00. The standard InChI is InChI=1S/C11H18N2O2S/c1-9-6-11(15-2)7-10(13-9)8-12-4-5-16(3)14/h6-7,12H,4-5,8H2,1-3H3. The number of methoxy groups -OCH3 is 1. The zero-order valence-electron chi connectivity index (χ0n) is 9.95. The SMILES string of the molecule is COc1cc(C)nc(CNCCS(C)=O)c1. The number of hydrogen-bond donors (Lipinski definition) is 1. The Bertz CT molecular complexity index is 369. The molecule has 4 nitrogen and oxygen atoms in total. The van der Waals surface area contributed by atoms with Crippen molar-refractivity contribution in [1.29, 1.82) is 0 Å². The fourth-order valence-electron chi connectivity index (χ4n) is 1.34. The van der Waals surface area contributed by atoms with Gasteiger partial charge in [0.25, 0.3) is 0 Å². The summed E-state index contributed by atoms with van der Waals surface area (Å²) in [5.74, 6) is 1.49. The van der Waals surface area contributed by atoms with Gasteiger partial charge in [-0.3, -0.25) is 9.19 Å². The minimum atomic E-state index is -0.741. The van der Waals surface area contributed by atoms with Crippen LogP contribution in [0.4, 0.5) is 0 Å². The van der Waals surface area contributed by atoms with Gasteiger partial charge in [0.05, 0.1) is 12.8 Å². The van der Waals surface area contributed by atoms with E-state index in [1.165, 1.54) is 0 Å². The van der Waals surface area contributed by atoms with E-state index in [0.29, 0.717) is 12.3 Å². The van der Waals surface area contributed by atoms with Gasteiger partial charge in [-0.25, -0.2) is 0 Å². The lowest BCUT2D eigenvalue weighted by Crippen LogP contribution is -2.20. The van der Waals surface area contributed by atoms with Crippen molar-refractivity contribution in [2.24, 2.45) is 0 Å². The van der Waals surface area contributed by atoms with E-state index in [4.69, 9.17) is 4.74 Å². The highest BCUT2D eigenvalue weighted by molar-refractivity contribution is 7.84. The van der Waals surface area contributed by atoms with Crippen molar-refractivity contribution < 1.29 is 8.95 Å². The molecule has 0 radical (unpaired) electrons. The lowest BCUT2D eigenvalue weighted by molar-refractivity contribution is 0.412. The molecule has 5 heteroatoms. The summed E-state index contributed by atoms with van der Waals surface area (Å²) < 4.78 is 16.0. The molecule has 1 rings (SSSR count). The first-order chi connectivity index (χ1) is 7.61. The molecule has 0 fully saturated rings. The van der Waals surface area contributed by atoms with E-state index >= 15 is 0 Å². The molecule has 0 aromatic carbocycles. The third-order valence-corrected chi connectivity index (χ3v) is 2.87. The summed E-state index contributed by atoms with van der Waals surface area (Å²) in [6, 6.07) is 3.80. The maximum Gasteiger partial charge on any atom is 0.122 e. The number of aromatic nitrogens is 1. The van der Waals surface area contributed by atoms with Crippen LogP contribution in [0.25, 0.3) is 0 Å². The number of ether oxygens (including phenoxy) is 1. The summed E-state index contributed by atoms with van der Waals surface area (Å²) in [5.41, 5.74) is 1.88. The average molecular weight is 242 g/mol. The maximum absolute atomic E-state index is 10.8. The number of aryl methyl sites for hydroxylation is 1. The smallest absolute Gasteiger partial charge is 0.122 e. The van der Waals surface area contributed by atoms with Gasteiger partial charge in [0.15, 0.2) is 0 Å². The van der Waals surface area contributed by atoms with Crippen LogP contribution in [0, 0.1) is 6.92 Å². The molecule has 0 saturated heterocycles. The third-order valence-electron chi connectivity index (χ3n) is 2.09. The Balaban J connectivity index is 2.47. The fourth-order valence-corrected chi connectivity index (χ4v) is 1.78. The second-order valence-corrected chi connectivity index (χ2v) is 5.15. The molecule has 16 heavy (non-hydrogen) atoms. The van der Waals surface area contributed by atoms with Gasteiger partial charge in [-0.15, -0.1) is 0 Å². The highest BCUT2D eigenvalue weighted by Crippen LogP contribution is 2.12. The monoisotopic (exact) mass is 242 g/mol. The predicted molar refractivity (Wildman–Crippen MR) is 66.2 cm³/mol. The molecule has 0 bridgehead atoms. The first-order valence-corrected chi connectivity index (χ1v) is 6.87. The maximum atomic E-state index is 10.8. The fraction of sp³-hybridized carbons (Fsp3) is 0.545. The molecule has 1 N–H and O–H groups in total. The van der Waals surface area contributed by atoms with Gasteiger partial charge in [-0.05, 0) is 6.92 Å². The van der Waals surface area contributed by atoms with Crippen LogP contribution in [0.2, 0.25) is 0 Å². The van der Waals surface area contributed by atoms with Gasteiger partial charge in [-0.1, -0.05) is 0 Å². The Morgan fingerprint density at radius 3 is 2.88 bits per heavy atom. The topological polar surface area (TPSA) is 51.2 Å². The molecule has 90 valence electrons. The molecule has 0 saturated carbocycles. The van der Waals surface area contributed by atoms with Crippen molar-refractivity contribution in [3.05, 3.63) is 23.5 Å². The summed E-state index contributed by atoms with van der Waals surface area (Å²) in [6.07, 6.45) is 1.70. The van der Waals surface area contributed by atoms with Crippen molar-refractivity contribution in [3.8, 4) is 5.75 Å². The molecule has 1 atom stereocenters. The zero-order chi connectivity index (χ0) is 12.0. The molecular formula is C11H18N2O2S. The second-order valence-electron chi connectivity index (χ2n) is 3.59. The van der Waals surface area contributed by atoms with E-state index in [1.54, 1.807) is 13.4 Å². The Morgan fingerprint density at radius 2 is 2.25 bits per heavy atom. The lowest BCUT2D eigenvalue weighted by atomic mass is 10.3. The van der Waals surface area contributed by atoms with Gasteiger partial charge in [0.2, 0.25) is 0 Å². The van der Waals surface area contributed by atoms with Crippen molar-refractivity contribution in [1.82, 2.24) is 10.3 Å². The van der Waals surface area contributed by atoms with Crippen LogP contribution in [0.1, 0.15) is 11.4 Å². The average Bonchev–Trinajstić information content (AvgIpc) is 2.23. The van der Waals surface area contributed by atoms with Crippen LogP contribution in [-0.4, -0.2) is 34.9 Å². The molecule has 1 unspecified atom stereocenters. The number of nitrogens with zero attached hydrogens (tertiary/aromatic N) is 1. The van der Waals surface area contributed by atoms with Crippen molar-refractivity contribution >= 4 is 10.8 Å². The Kier molecular flexibility index (Phi) is 5.42. The van der Waals surface area contributed by atoms with E-state index in [9.17, 15) is 4.21 Å². The Labute approximate surface area is 98.9 Å². The van der Waals surface area contributed by atoms with Crippen LogP contribution >= 0.6 is 0 Å². The molecule has 0 spiro atoms. The number of hydrogen-bond acceptors (Lipinski definition) is 4. The predicted octanol–water partition coefficient (Wildman–Crippen LogP) is 0.867. The quantitative estimate of drug-likeness (QED) is 0.752. The largest absolute Gasteiger partial charge is 0.497 e. The molecular weight excluding hydrogens is 224 g/mol. The molecule has 1 aromatic heterocycles. The summed E-state index contributed by atoms with van der Waals surface area (Å²) in [7, 11) is 0.904. The number of rotatable bonds is 6. The van der Waals surface area contributed by atoms with Gasteiger partial charge in [-0.2, -0.15) is 0 Å². The molecule has 0 amide bonds. The summed E-state index contributed by atoms with van der Waals surface area (Å²) in [4.78, 5) is 4.38. The molecule has 0 aliphatic carbocycles. The minimum absolute atomic E-state index is 0.670. The first-order valence-electron chi connectivity index (χ1n) is 5.14. The van der Waals surface area contributed by atoms with Gasteiger partial charge in [0.1, 0.15) is 5.75 Å². The van der Waals surface area contributed by atoms with Crippen molar-refractivity contribution in [3.63, 3.8) is 0 Å². The number of nitrogens with one attached hydrogen (secondary N) is 1. The number of pyridine rings is 1.